The summed E-state index contributed by atoms with van der Waals surface area (Å²) in [6, 6.07) is 0. The molecule has 0 aromatic rings. The first kappa shape index (κ1) is 79.4. The highest BCUT2D eigenvalue weighted by Gasteiger charge is 2.28. The molecular weight excluding hydrogens is 1070 g/mol. The zero-order valence-corrected chi connectivity index (χ0v) is 53.7. The van der Waals surface area contributed by atoms with Crippen LogP contribution in [0.15, 0.2) is 146 Å². The number of aliphatic hydroxyl groups excluding tert-OH is 1. The molecule has 12 heteroatoms. The Morgan fingerprint density at radius 2 is 0.619 bits per heavy atom. The van der Waals surface area contributed by atoms with Gasteiger partial charge in [-0.3, -0.25) is 23.4 Å². The molecule has 2 N–H and O–H groups in total. The average molecular weight is 1190 g/mol. The fourth-order valence-corrected chi connectivity index (χ4v) is 9.19. The third-order valence-electron chi connectivity index (χ3n) is 13.3. The van der Waals surface area contributed by atoms with Gasteiger partial charge in [0.15, 0.2) is 6.10 Å². The highest BCUT2D eigenvalue weighted by atomic mass is 31.2. The predicted octanol–water partition coefficient (Wildman–Crippen LogP) is 20.3. The zero-order valence-electron chi connectivity index (χ0n) is 52.8. The monoisotopic (exact) mass is 1190 g/mol. The highest BCUT2D eigenvalue weighted by Crippen LogP contribution is 2.43. The van der Waals surface area contributed by atoms with Crippen LogP contribution < -0.4 is 0 Å². The number of phosphoric acid groups is 1. The van der Waals surface area contributed by atoms with E-state index in [1.807, 2.05) is 24.3 Å². The van der Waals surface area contributed by atoms with Crippen molar-refractivity contribution >= 4 is 25.7 Å². The van der Waals surface area contributed by atoms with Crippen LogP contribution in [0.1, 0.15) is 252 Å². The Labute approximate surface area is 512 Å². The number of esters is 3. The van der Waals surface area contributed by atoms with E-state index < -0.39 is 64.4 Å². The summed E-state index contributed by atoms with van der Waals surface area (Å²) >= 11 is 0. The summed E-state index contributed by atoms with van der Waals surface area (Å²) in [7, 11) is -4.80. The van der Waals surface area contributed by atoms with Crippen LogP contribution in [-0.2, 0) is 42.2 Å². The van der Waals surface area contributed by atoms with Crippen LogP contribution in [0.25, 0.3) is 0 Å². The molecule has 0 amide bonds. The van der Waals surface area contributed by atoms with Crippen molar-refractivity contribution in [3.63, 3.8) is 0 Å². The van der Waals surface area contributed by atoms with Crippen LogP contribution in [-0.4, -0.2) is 66.5 Å². The van der Waals surface area contributed by atoms with Crippen molar-refractivity contribution < 1.29 is 52.2 Å². The molecule has 11 nitrogen and oxygen atoms in total. The minimum Gasteiger partial charge on any atom is -0.462 e. The first-order chi connectivity index (χ1) is 41.2. The third kappa shape index (κ3) is 61.9. The van der Waals surface area contributed by atoms with E-state index in [0.717, 1.165) is 89.9 Å². The zero-order chi connectivity index (χ0) is 61.2. The Hall–Kier alpha value is -4.64. The van der Waals surface area contributed by atoms with E-state index in [1.54, 1.807) is 0 Å². The van der Waals surface area contributed by atoms with Gasteiger partial charge >= 0.3 is 25.7 Å². The Morgan fingerprint density at radius 1 is 0.345 bits per heavy atom. The fraction of sp³-hybridized carbons (Fsp3) is 0.625. The molecule has 0 bridgehead atoms. The lowest BCUT2D eigenvalue weighted by atomic mass is 10.0. The van der Waals surface area contributed by atoms with E-state index in [0.29, 0.717) is 25.7 Å². The predicted molar refractivity (Wildman–Crippen MR) is 352 cm³/mol. The lowest BCUT2D eigenvalue weighted by Gasteiger charge is -2.21. The molecule has 0 aliphatic rings. The van der Waals surface area contributed by atoms with Crippen LogP contribution in [0.5, 0.6) is 0 Å². The second-order valence-corrected chi connectivity index (χ2v) is 22.6. The molecule has 0 saturated heterocycles. The molecule has 0 aromatic carbocycles. The van der Waals surface area contributed by atoms with Crippen LogP contribution >= 0.6 is 7.82 Å². The van der Waals surface area contributed by atoms with E-state index in [1.165, 1.54) is 96.3 Å². The first-order valence-electron chi connectivity index (χ1n) is 32.7. The van der Waals surface area contributed by atoms with Gasteiger partial charge in [0.2, 0.25) is 0 Å². The summed E-state index contributed by atoms with van der Waals surface area (Å²) in [5.74, 6) is -1.68. The van der Waals surface area contributed by atoms with Crippen molar-refractivity contribution in [2.45, 2.75) is 264 Å². The molecule has 3 unspecified atom stereocenters. The van der Waals surface area contributed by atoms with Crippen LogP contribution in [0, 0.1) is 0 Å². The largest absolute Gasteiger partial charge is 0.472 e. The Balaban J connectivity index is 4.88. The molecule has 0 aliphatic carbocycles. The van der Waals surface area contributed by atoms with Crippen molar-refractivity contribution in [2.24, 2.45) is 0 Å². The van der Waals surface area contributed by atoms with Gasteiger partial charge in [0, 0.05) is 19.3 Å². The molecule has 0 saturated carbocycles. The number of aliphatic hydroxyl groups is 1. The van der Waals surface area contributed by atoms with Gasteiger partial charge < -0.3 is 24.2 Å². The SMILES string of the molecule is CC/C=C\C/C=C\C/C=C\C/C=C\C/C=C\C/C=C\CCC(=O)OCC(COP(=O)(O)OCC(CO)OC(=O)CCCCCCCCCCCCCCCCCCCCC)OC(=O)CC/C=C\C/C=C\C/C=C\C/C=C\C/C=C\C/C=C\CC. The summed E-state index contributed by atoms with van der Waals surface area (Å²) < 4.78 is 39.5. The minimum absolute atomic E-state index is 0.0195. The summed E-state index contributed by atoms with van der Waals surface area (Å²) in [5, 5.41) is 9.87. The van der Waals surface area contributed by atoms with E-state index in [2.05, 4.69) is 142 Å². The van der Waals surface area contributed by atoms with Crippen molar-refractivity contribution in [3.8, 4) is 0 Å². The molecule has 0 fully saturated rings. The molecular formula is C72H117O11P. The Morgan fingerprint density at radius 3 is 0.952 bits per heavy atom. The first-order valence-corrected chi connectivity index (χ1v) is 34.2. The van der Waals surface area contributed by atoms with Gasteiger partial charge in [-0.05, 0) is 96.3 Å². The van der Waals surface area contributed by atoms with Crippen LogP contribution in [0.4, 0.5) is 0 Å². The molecule has 84 heavy (non-hydrogen) atoms. The second kappa shape index (κ2) is 64.4. The van der Waals surface area contributed by atoms with Gasteiger partial charge in [0.1, 0.15) is 12.7 Å². The van der Waals surface area contributed by atoms with E-state index >= 15 is 0 Å². The topological polar surface area (TPSA) is 155 Å². The lowest BCUT2D eigenvalue weighted by Crippen LogP contribution is -2.30. The quantitative estimate of drug-likeness (QED) is 0.0197. The summed E-state index contributed by atoms with van der Waals surface area (Å²) in [6.07, 6.45) is 84.1. The maximum absolute atomic E-state index is 13.0. The number of hydrogen-bond donors (Lipinski definition) is 2. The molecule has 0 radical (unpaired) electrons. The fourth-order valence-electron chi connectivity index (χ4n) is 8.41. The number of rotatable bonds is 59. The standard InChI is InChI=1S/C72H117O11P/c1-4-7-10-13-16-19-22-25-28-31-34-37-40-43-46-49-52-55-58-61-70(74)79-65-69(83-72(76)63-60-57-54-51-48-45-42-39-36-33-30-27-24-21-18-15-12-9-6-3)67-81-84(77,78)80-66-68(64-73)82-71(75)62-59-56-53-50-47-44-41-38-35-32-29-26-23-20-17-14-11-8-5-2/h7,9-10,12,16,18-19,21,25,27-28,30,34,36-37,39,43,45-46,48,52,54-55,57,68-69,73H,4-6,8,11,13-15,17,20,22-24,26,29,31-33,35,38,40-42,44,47,49-51,53,56,58-67H2,1-3H3,(H,77,78)/b10-7-,12-9-,19-16-,21-18-,28-25-,30-27-,37-34-,39-36-,46-43-,48-45-,55-52-,57-54-. The average Bonchev–Trinajstić information content (AvgIpc) is 3.55. The van der Waals surface area contributed by atoms with Gasteiger partial charge in [-0.2, -0.15) is 0 Å². The molecule has 476 valence electrons. The number of unbranched alkanes of at least 4 members (excludes halogenated alkanes) is 18. The number of carbonyl (C=O) groups is 3. The maximum Gasteiger partial charge on any atom is 0.472 e. The van der Waals surface area contributed by atoms with E-state index in [4.69, 9.17) is 23.3 Å². The third-order valence-corrected chi connectivity index (χ3v) is 14.2. The van der Waals surface area contributed by atoms with E-state index in [-0.39, 0.29) is 19.3 Å². The maximum atomic E-state index is 13.0. The van der Waals surface area contributed by atoms with Gasteiger partial charge in [-0.15, -0.1) is 0 Å². The lowest BCUT2D eigenvalue weighted by molar-refractivity contribution is -0.161. The number of allylic oxidation sites excluding steroid dienone is 24. The molecule has 3 atom stereocenters. The van der Waals surface area contributed by atoms with Crippen LogP contribution in [0.2, 0.25) is 0 Å². The normalized spacial score (nSPS) is 14.2. The Bertz CT molecular complexity index is 1970. The van der Waals surface area contributed by atoms with Gasteiger partial charge in [-0.25, -0.2) is 4.57 Å². The number of phosphoric ester groups is 1. The van der Waals surface area contributed by atoms with Gasteiger partial charge in [0.25, 0.3) is 0 Å². The smallest absolute Gasteiger partial charge is 0.462 e. The highest BCUT2D eigenvalue weighted by molar-refractivity contribution is 7.47. The minimum atomic E-state index is -4.80. The molecule has 0 rings (SSSR count). The number of ether oxygens (including phenoxy) is 3. The number of hydrogen-bond acceptors (Lipinski definition) is 10. The van der Waals surface area contributed by atoms with Gasteiger partial charge in [0.05, 0.1) is 19.8 Å². The summed E-state index contributed by atoms with van der Waals surface area (Å²) in [5.41, 5.74) is 0. The van der Waals surface area contributed by atoms with Crippen molar-refractivity contribution in [2.75, 3.05) is 26.4 Å². The van der Waals surface area contributed by atoms with Crippen molar-refractivity contribution in [1.29, 1.82) is 0 Å². The Kier molecular flexibility index (Phi) is 60.8. The van der Waals surface area contributed by atoms with Crippen molar-refractivity contribution in [3.05, 3.63) is 146 Å². The summed E-state index contributed by atoms with van der Waals surface area (Å²) in [6.45, 7) is 4.27. The molecule has 0 aliphatic heterocycles. The second-order valence-electron chi connectivity index (χ2n) is 21.2. The van der Waals surface area contributed by atoms with Gasteiger partial charge in [-0.1, -0.05) is 282 Å². The van der Waals surface area contributed by atoms with E-state index in [9.17, 15) is 28.9 Å². The van der Waals surface area contributed by atoms with Crippen molar-refractivity contribution in [1.82, 2.24) is 0 Å². The molecule has 0 spiro atoms. The number of carbonyl (C=O) groups excluding carboxylic acids is 3. The molecule has 0 aromatic heterocycles. The van der Waals surface area contributed by atoms with Crippen LogP contribution in [0.3, 0.4) is 0 Å². The molecule has 0 heterocycles. The summed E-state index contributed by atoms with van der Waals surface area (Å²) in [4.78, 5) is 48.7.